The van der Waals surface area contributed by atoms with Gasteiger partial charge in [-0.1, -0.05) is 6.58 Å². The Morgan fingerprint density at radius 3 is 2.39 bits per heavy atom. The Morgan fingerprint density at radius 1 is 1.44 bits per heavy atom. The van der Waals surface area contributed by atoms with Gasteiger partial charge in [0.2, 0.25) is 0 Å². The van der Waals surface area contributed by atoms with E-state index in [1.807, 2.05) is 0 Å². The number of carboxylic acids is 1. The maximum atomic E-state index is 11.9. The zero-order chi connectivity index (χ0) is 14.1. The molecule has 1 saturated heterocycles. The number of carbonyl (C=O) groups is 2. The number of carboxylic acid groups (broad SMARTS) is 1. The summed E-state index contributed by atoms with van der Waals surface area (Å²) in [6.07, 6.45) is -1.14. The number of methoxy groups -OCH3 is 1. The first-order valence-electron chi connectivity index (χ1n) is 5.61. The molecule has 102 valence electrons. The molecule has 1 rings (SSSR count). The lowest BCUT2D eigenvalue weighted by Gasteiger charge is -2.26. The molecule has 0 aromatic rings. The SMILES string of the molecule is C=C1C(OC)CN(C(=O)OC(C)(C)C)[C@@H]1C(=O)O. The first kappa shape index (κ1) is 14.5. The number of rotatable bonds is 2. The van der Waals surface area contributed by atoms with Gasteiger partial charge in [0.25, 0.3) is 0 Å². The van der Waals surface area contributed by atoms with Crippen LogP contribution in [-0.4, -0.2) is 53.5 Å². The Morgan fingerprint density at radius 2 is 2.00 bits per heavy atom. The van der Waals surface area contributed by atoms with Crippen molar-refractivity contribution < 1.29 is 24.2 Å². The summed E-state index contributed by atoms with van der Waals surface area (Å²) in [6.45, 7) is 8.99. The van der Waals surface area contributed by atoms with Crippen molar-refractivity contribution in [1.29, 1.82) is 0 Å². The van der Waals surface area contributed by atoms with E-state index < -0.39 is 29.8 Å². The Balaban J connectivity index is 2.90. The van der Waals surface area contributed by atoms with Crippen molar-refractivity contribution in [3.8, 4) is 0 Å². The fourth-order valence-corrected chi connectivity index (χ4v) is 1.80. The van der Waals surface area contributed by atoms with Gasteiger partial charge in [-0.15, -0.1) is 0 Å². The second-order valence-electron chi connectivity index (χ2n) is 5.17. The van der Waals surface area contributed by atoms with Crippen molar-refractivity contribution in [2.75, 3.05) is 13.7 Å². The summed E-state index contributed by atoms with van der Waals surface area (Å²) in [6, 6.07) is -1.09. The van der Waals surface area contributed by atoms with Gasteiger partial charge in [0.15, 0.2) is 6.04 Å². The molecule has 1 heterocycles. The molecule has 0 saturated carbocycles. The largest absolute Gasteiger partial charge is 0.479 e. The number of amides is 1. The van der Waals surface area contributed by atoms with E-state index in [1.54, 1.807) is 20.8 Å². The number of likely N-dealkylation sites (tertiary alicyclic amines) is 1. The van der Waals surface area contributed by atoms with Gasteiger partial charge in [-0.25, -0.2) is 9.59 Å². The van der Waals surface area contributed by atoms with E-state index in [1.165, 1.54) is 7.11 Å². The van der Waals surface area contributed by atoms with Gasteiger partial charge >= 0.3 is 12.1 Å². The predicted octanol–water partition coefficient (Wildman–Crippen LogP) is 1.26. The highest BCUT2D eigenvalue weighted by Crippen LogP contribution is 2.26. The highest BCUT2D eigenvalue weighted by atomic mass is 16.6. The lowest BCUT2D eigenvalue weighted by Crippen LogP contribution is -2.43. The van der Waals surface area contributed by atoms with E-state index in [0.29, 0.717) is 5.57 Å². The molecule has 6 nitrogen and oxygen atoms in total. The average molecular weight is 257 g/mol. The quantitative estimate of drug-likeness (QED) is 0.754. The zero-order valence-electron chi connectivity index (χ0n) is 11.1. The molecule has 1 aliphatic heterocycles. The molecule has 1 unspecified atom stereocenters. The van der Waals surface area contributed by atoms with Gasteiger partial charge in [0.1, 0.15) is 5.60 Å². The normalized spacial score (nSPS) is 24.2. The predicted molar refractivity (Wildman–Crippen MR) is 64.3 cm³/mol. The van der Waals surface area contributed by atoms with E-state index >= 15 is 0 Å². The fourth-order valence-electron chi connectivity index (χ4n) is 1.80. The number of hydrogen-bond donors (Lipinski definition) is 1. The topological polar surface area (TPSA) is 76.1 Å². The average Bonchev–Trinajstić information content (AvgIpc) is 2.52. The third-order valence-electron chi connectivity index (χ3n) is 2.59. The lowest BCUT2D eigenvalue weighted by atomic mass is 10.1. The molecule has 18 heavy (non-hydrogen) atoms. The molecule has 2 atom stereocenters. The summed E-state index contributed by atoms with van der Waals surface area (Å²) in [5.41, 5.74) is -0.317. The van der Waals surface area contributed by atoms with Crippen molar-refractivity contribution in [2.45, 2.75) is 38.5 Å². The molecule has 0 aliphatic carbocycles. The van der Waals surface area contributed by atoms with Crippen molar-refractivity contribution >= 4 is 12.1 Å². The molecule has 1 fully saturated rings. The number of carbonyl (C=O) groups excluding carboxylic acids is 1. The molecule has 0 bridgehead atoms. The van der Waals surface area contributed by atoms with Gasteiger partial charge in [0, 0.05) is 7.11 Å². The van der Waals surface area contributed by atoms with E-state index in [0.717, 1.165) is 4.90 Å². The van der Waals surface area contributed by atoms with E-state index in [9.17, 15) is 9.59 Å². The Kier molecular flexibility index (Phi) is 4.01. The van der Waals surface area contributed by atoms with Crippen LogP contribution in [0.25, 0.3) is 0 Å². The molecule has 0 radical (unpaired) electrons. The fraction of sp³-hybridized carbons (Fsp3) is 0.667. The van der Waals surface area contributed by atoms with Crippen molar-refractivity contribution in [2.24, 2.45) is 0 Å². The van der Waals surface area contributed by atoms with Crippen LogP contribution in [0.2, 0.25) is 0 Å². The van der Waals surface area contributed by atoms with Crippen LogP contribution < -0.4 is 0 Å². The lowest BCUT2D eigenvalue weighted by molar-refractivity contribution is -0.140. The zero-order valence-corrected chi connectivity index (χ0v) is 11.1. The third kappa shape index (κ3) is 3.01. The number of hydrogen-bond acceptors (Lipinski definition) is 4. The maximum Gasteiger partial charge on any atom is 0.411 e. The highest BCUT2D eigenvalue weighted by molar-refractivity contribution is 5.84. The summed E-state index contributed by atoms with van der Waals surface area (Å²) < 4.78 is 10.3. The number of aliphatic carboxylic acids is 1. The Bertz CT molecular complexity index is 371. The van der Waals surface area contributed by atoms with Crippen molar-refractivity contribution in [1.82, 2.24) is 4.90 Å². The number of nitrogens with zero attached hydrogens (tertiary/aromatic N) is 1. The molecule has 0 spiro atoms. The minimum atomic E-state index is -1.13. The van der Waals surface area contributed by atoms with Crippen LogP contribution in [0, 0.1) is 0 Å². The van der Waals surface area contributed by atoms with Crippen LogP contribution in [0.4, 0.5) is 4.79 Å². The maximum absolute atomic E-state index is 11.9. The summed E-state index contributed by atoms with van der Waals surface area (Å²) in [7, 11) is 1.45. The minimum absolute atomic E-state index is 0.140. The van der Waals surface area contributed by atoms with E-state index in [2.05, 4.69) is 6.58 Å². The van der Waals surface area contributed by atoms with Gasteiger partial charge in [-0.05, 0) is 26.3 Å². The highest BCUT2D eigenvalue weighted by Gasteiger charge is 2.44. The first-order valence-corrected chi connectivity index (χ1v) is 5.61. The van der Waals surface area contributed by atoms with Crippen LogP contribution in [0.5, 0.6) is 0 Å². The van der Waals surface area contributed by atoms with Crippen LogP contribution in [0.15, 0.2) is 12.2 Å². The molecule has 1 amide bonds. The molecule has 6 heteroatoms. The molecule has 1 aliphatic rings. The van der Waals surface area contributed by atoms with Crippen LogP contribution in [0.1, 0.15) is 20.8 Å². The Hall–Kier alpha value is -1.56. The van der Waals surface area contributed by atoms with Gasteiger partial charge in [0.05, 0.1) is 12.6 Å². The molecule has 0 aromatic heterocycles. The van der Waals surface area contributed by atoms with Crippen LogP contribution in [-0.2, 0) is 14.3 Å². The van der Waals surface area contributed by atoms with Gasteiger partial charge in [-0.3, -0.25) is 4.90 Å². The number of ether oxygens (including phenoxy) is 2. The first-order chi connectivity index (χ1) is 8.17. The van der Waals surface area contributed by atoms with E-state index in [-0.39, 0.29) is 6.54 Å². The minimum Gasteiger partial charge on any atom is -0.479 e. The molecular weight excluding hydrogens is 238 g/mol. The summed E-state index contributed by atoms with van der Waals surface area (Å²) in [5, 5.41) is 9.15. The second kappa shape index (κ2) is 4.97. The van der Waals surface area contributed by atoms with Crippen LogP contribution in [0.3, 0.4) is 0 Å². The molecule has 0 aromatic carbocycles. The second-order valence-corrected chi connectivity index (χ2v) is 5.17. The summed E-state index contributed by atoms with van der Waals surface area (Å²) in [5.74, 6) is -1.13. The van der Waals surface area contributed by atoms with Gasteiger partial charge in [-0.2, -0.15) is 0 Å². The molecule has 1 N–H and O–H groups in total. The Labute approximate surface area is 106 Å². The monoisotopic (exact) mass is 257 g/mol. The van der Waals surface area contributed by atoms with E-state index in [4.69, 9.17) is 14.6 Å². The standard InChI is InChI=1S/C12H19NO5/c1-7-8(17-5)6-13(9(7)10(14)15)11(16)18-12(2,3)4/h8-9H,1,6H2,2-5H3,(H,14,15)/t8?,9-/m0/s1. The van der Waals surface area contributed by atoms with Crippen molar-refractivity contribution in [3.63, 3.8) is 0 Å². The summed E-state index contributed by atoms with van der Waals surface area (Å²) >= 11 is 0. The van der Waals surface area contributed by atoms with Gasteiger partial charge < -0.3 is 14.6 Å². The molecular formula is C12H19NO5. The van der Waals surface area contributed by atoms with Crippen molar-refractivity contribution in [3.05, 3.63) is 12.2 Å². The third-order valence-corrected chi connectivity index (χ3v) is 2.59. The smallest absolute Gasteiger partial charge is 0.411 e. The van der Waals surface area contributed by atoms with Crippen LogP contribution >= 0.6 is 0 Å². The summed E-state index contributed by atoms with van der Waals surface area (Å²) in [4.78, 5) is 24.2.